The van der Waals surface area contributed by atoms with Crippen LogP contribution >= 0.6 is 0 Å². The van der Waals surface area contributed by atoms with Crippen LogP contribution in [0.25, 0.3) is 0 Å². The van der Waals surface area contributed by atoms with Gasteiger partial charge in [-0.1, -0.05) is 0 Å². The second kappa shape index (κ2) is 3.92. The topological polar surface area (TPSA) is 75.7 Å². The van der Waals surface area contributed by atoms with Crippen LogP contribution in [0.2, 0.25) is 0 Å². The van der Waals surface area contributed by atoms with Gasteiger partial charge in [-0.2, -0.15) is 13.2 Å². The Balaban J connectivity index is 5.22. The Labute approximate surface area is 71.6 Å². The summed E-state index contributed by atoms with van der Waals surface area (Å²) in [7, 11) is 1.15. The minimum absolute atomic E-state index is 0.547. The molecule has 0 spiro atoms. The zero-order valence-corrected chi connectivity index (χ0v) is 6.59. The lowest BCUT2D eigenvalue weighted by molar-refractivity contribution is -0.133. The molecular weight excluding hydrogens is 189 g/mol. The number of aliphatic imine (C=N–C) groups is 1. The molecule has 0 aliphatic rings. The summed E-state index contributed by atoms with van der Waals surface area (Å²) in [6.07, 6.45) is -4.31. The van der Waals surface area contributed by atoms with Crippen LogP contribution in [0.4, 0.5) is 13.2 Å². The van der Waals surface area contributed by atoms with Crippen LogP contribution in [0.1, 0.15) is 0 Å². The fraction of sp³-hybridized carbons (Fsp3) is 0.333. The highest BCUT2D eigenvalue weighted by Gasteiger charge is 2.35. The number of hydrogen-bond donors (Lipinski definition) is 2. The van der Waals surface area contributed by atoms with Gasteiger partial charge >= 0.3 is 12.1 Å². The van der Waals surface area contributed by atoms with Crippen LogP contribution in [-0.2, 0) is 4.79 Å². The molecule has 0 aromatic carbocycles. The molecule has 0 fully saturated rings. The summed E-state index contributed by atoms with van der Waals surface area (Å²) in [6, 6.07) is 0. The van der Waals surface area contributed by atoms with E-state index in [-0.39, 0.29) is 0 Å². The summed E-state index contributed by atoms with van der Waals surface area (Å²) in [5.74, 6) is -1.76. The molecule has 0 aromatic heterocycles. The van der Waals surface area contributed by atoms with Gasteiger partial charge in [0.05, 0.1) is 0 Å². The third-order valence-corrected chi connectivity index (χ3v) is 1.08. The fourth-order valence-electron chi connectivity index (χ4n) is 0.522. The molecule has 0 rings (SSSR count). The maximum atomic E-state index is 11.9. The van der Waals surface area contributed by atoms with E-state index >= 15 is 0 Å². The van der Waals surface area contributed by atoms with E-state index in [9.17, 15) is 18.0 Å². The standard InChI is InChI=1S/C6H7F3N2O2/c1-11-2-3(5(12)13)4(10)6(7,8)9/h2H,10H2,1H3,(H,12,13)/b4-3+,11-2?. The van der Waals surface area contributed by atoms with E-state index in [1.807, 2.05) is 0 Å². The van der Waals surface area contributed by atoms with Crippen LogP contribution in [0.15, 0.2) is 16.3 Å². The van der Waals surface area contributed by atoms with Crippen molar-refractivity contribution in [2.24, 2.45) is 10.7 Å². The summed E-state index contributed by atoms with van der Waals surface area (Å²) >= 11 is 0. The molecule has 0 saturated carbocycles. The maximum Gasteiger partial charge on any atom is 0.431 e. The van der Waals surface area contributed by atoms with E-state index in [2.05, 4.69) is 10.7 Å². The molecule has 0 saturated heterocycles. The molecule has 0 unspecified atom stereocenters. The minimum atomic E-state index is -4.85. The number of carboxylic acids is 1. The quantitative estimate of drug-likeness (QED) is 0.500. The van der Waals surface area contributed by atoms with Gasteiger partial charge in [-0.05, 0) is 0 Å². The van der Waals surface area contributed by atoms with Crippen molar-refractivity contribution in [3.63, 3.8) is 0 Å². The highest BCUT2D eigenvalue weighted by Crippen LogP contribution is 2.23. The molecule has 7 heteroatoms. The molecule has 0 heterocycles. The van der Waals surface area contributed by atoms with E-state index in [0.29, 0.717) is 6.21 Å². The normalized spacial score (nSPS) is 14.5. The van der Waals surface area contributed by atoms with E-state index in [1.165, 1.54) is 0 Å². The SMILES string of the molecule is CN=C/C(C(=O)O)=C(\N)C(F)(F)F. The van der Waals surface area contributed by atoms with Gasteiger partial charge in [0.25, 0.3) is 0 Å². The summed E-state index contributed by atoms with van der Waals surface area (Å²) in [6.45, 7) is 0. The smallest absolute Gasteiger partial charge is 0.431 e. The first-order valence-corrected chi connectivity index (χ1v) is 3.03. The first kappa shape index (κ1) is 11.5. The van der Waals surface area contributed by atoms with Crippen LogP contribution in [0, 0.1) is 0 Å². The first-order valence-electron chi connectivity index (χ1n) is 3.03. The zero-order valence-electron chi connectivity index (χ0n) is 6.59. The Hall–Kier alpha value is -1.53. The van der Waals surface area contributed by atoms with Gasteiger partial charge in [0.15, 0.2) is 0 Å². The zero-order chi connectivity index (χ0) is 10.6. The van der Waals surface area contributed by atoms with Crippen molar-refractivity contribution >= 4 is 12.2 Å². The lowest BCUT2D eigenvalue weighted by atomic mass is 10.2. The molecule has 0 aliphatic carbocycles. The van der Waals surface area contributed by atoms with Crippen LogP contribution in [0.3, 0.4) is 0 Å². The van der Waals surface area contributed by atoms with Crippen molar-refractivity contribution in [1.82, 2.24) is 0 Å². The molecule has 0 radical (unpaired) electrons. The number of carbonyl (C=O) groups is 1. The highest BCUT2D eigenvalue weighted by molar-refractivity contribution is 6.09. The number of rotatable bonds is 2. The lowest BCUT2D eigenvalue weighted by Gasteiger charge is -2.07. The van der Waals surface area contributed by atoms with Crippen molar-refractivity contribution in [2.75, 3.05) is 7.05 Å². The van der Waals surface area contributed by atoms with Crippen molar-refractivity contribution in [2.45, 2.75) is 6.18 Å². The average Bonchev–Trinajstić information content (AvgIpc) is 1.96. The molecule has 3 N–H and O–H groups in total. The van der Waals surface area contributed by atoms with Gasteiger partial charge in [0.2, 0.25) is 0 Å². The molecule has 0 aliphatic heterocycles. The molecule has 13 heavy (non-hydrogen) atoms. The van der Waals surface area contributed by atoms with E-state index in [1.54, 1.807) is 0 Å². The number of nitrogens with zero attached hydrogens (tertiary/aromatic N) is 1. The van der Waals surface area contributed by atoms with Gasteiger partial charge in [0.1, 0.15) is 11.3 Å². The number of alkyl halides is 3. The number of aliphatic carboxylic acids is 1. The monoisotopic (exact) mass is 196 g/mol. The Morgan fingerprint density at radius 2 is 2.00 bits per heavy atom. The second-order valence-corrected chi connectivity index (χ2v) is 2.02. The minimum Gasteiger partial charge on any atom is -0.478 e. The van der Waals surface area contributed by atoms with Crippen LogP contribution in [-0.4, -0.2) is 30.5 Å². The third kappa shape index (κ3) is 3.14. The van der Waals surface area contributed by atoms with Gasteiger partial charge in [-0.15, -0.1) is 0 Å². The fourth-order valence-corrected chi connectivity index (χ4v) is 0.522. The van der Waals surface area contributed by atoms with Crippen LogP contribution in [0.5, 0.6) is 0 Å². The second-order valence-electron chi connectivity index (χ2n) is 2.02. The van der Waals surface area contributed by atoms with Crippen molar-refractivity contribution < 1.29 is 23.1 Å². The predicted molar refractivity (Wildman–Crippen MR) is 39.3 cm³/mol. The Morgan fingerprint density at radius 3 is 2.23 bits per heavy atom. The van der Waals surface area contributed by atoms with Gasteiger partial charge in [-0.3, -0.25) is 4.99 Å². The van der Waals surface area contributed by atoms with Crippen molar-refractivity contribution in [3.05, 3.63) is 11.3 Å². The Bertz CT molecular complexity index is 268. The Morgan fingerprint density at radius 1 is 1.54 bits per heavy atom. The Kier molecular flexibility index (Phi) is 3.46. The molecular formula is C6H7F3N2O2. The van der Waals surface area contributed by atoms with Crippen molar-refractivity contribution in [3.8, 4) is 0 Å². The number of hydrogen-bond acceptors (Lipinski definition) is 3. The van der Waals surface area contributed by atoms with Gasteiger partial charge in [-0.25, -0.2) is 4.79 Å². The van der Waals surface area contributed by atoms with E-state index < -0.39 is 23.4 Å². The summed E-state index contributed by atoms with van der Waals surface area (Å²) in [5.41, 5.74) is 1.84. The number of halogens is 3. The summed E-state index contributed by atoms with van der Waals surface area (Å²) in [4.78, 5) is 13.4. The number of allylic oxidation sites excluding steroid dienone is 1. The van der Waals surface area contributed by atoms with Gasteiger partial charge < -0.3 is 10.8 Å². The lowest BCUT2D eigenvalue weighted by Crippen LogP contribution is -2.25. The highest BCUT2D eigenvalue weighted by atomic mass is 19.4. The molecule has 0 aromatic rings. The largest absolute Gasteiger partial charge is 0.478 e. The van der Waals surface area contributed by atoms with E-state index in [4.69, 9.17) is 5.11 Å². The van der Waals surface area contributed by atoms with E-state index in [0.717, 1.165) is 7.05 Å². The summed E-state index contributed by atoms with van der Waals surface area (Å²) in [5, 5.41) is 8.31. The predicted octanol–water partition coefficient (Wildman–Crippen LogP) is 0.547. The van der Waals surface area contributed by atoms with Gasteiger partial charge in [0, 0.05) is 13.3 Å². The maximum absolute atomic E-state index is 11.9. The van der Waals surface area contributed by atoms with Crippen molar-refractivity contribution in [1.29, 1.82) is 0 Å². The molecule has 0 bridgehead atoms. The number of carboxylic acid groups (broad SMARTS) is 1. The average molecular weight is 196 g/mol. The first-order chi connectivity index (χ1) is 5.80. The molecule has 0 amide bonds. The molecule has 0 atom stereocenters. The summed E-state index contributed by atoms with van der Waals surface area (Å²) < 4.78 is 35.6. The number of nitrogens with two attached hydrogens (primary N) is 1. The molecule has 74 valence electrons. The third-order valence-electron chi connectivity index (χ3n) is 1.08. The van der Waals surface area contributed by atoms with Crippen LogP contribution < -0.4 is 5.73 Å². The molecule has 4 nitrogen and oxygen atoms in total.